The number of urea groups is 1. The molecule has 2 aromatic carbocycles. The highest BCUT2D eigenvalue weighted by molar-refractivity contribution is 8.14. The predicted octanol–water partition coefficient (Wildman–Crippen LogP) is 3.94. The largest absolute Gasteiger partial charge is 0.331 e. The number of hydrogen-bond acceptors (Lipinski definition) is 3. The van der Waals surface area contributed by atoms with Gasteiger partial charge in [-0.2, -0.15) is 0 Å². The van der Waals surface area contributed by atoms with Gasteiger partial charge in [0.05, 0.1) is 11.6 Å². The van der Waals surface area contributed by atoms with E-state index in [1.807, 2.05) is 60.7 Å². The highest BCUT2D eigenvalue weighted by Gasteiger charge is 2.29. The number of amidine groups is 1. The molecule has 0 radical (unpaired) electrons. The van der Waals surface area contributed by atoms with Gasteiger partial charge in [-0.05, 0) is 24.3 Å². The fourth-order valence-corrected chi connectivity index (χ4v) is 3.00. The quantitative estimate of drug-likeness (QED) is 0.842. The predicted molar refractivity (Wildman–Crippen MR) is 88.1 cm³/mol. The molecule has 0 N–H and O–H groups in total. The molecule has 2 aromatic rings. The molecule has 2 amide bonds. The zero-order valence-electron chi connectivity index (χ0n) is 11.6. The molecule has 1 aliphatic rings. The van der Waals surface area contributed by atoms with E-state index in [9.17, 15) is 4.79 Å². The second kappa shape index (κ2) is 6.01. The molecular formula is C16H15N3OS. The Morgan fingerprint density at radius 2 is 1.62 bits per heavy atom. The number of thioether (sulfide) groups is 1. The molecule has 0 spiro atoms. The average Bonchev–Trinajstić information content (AvgIpc) is 2.54. The third-order valence-electron chi connectivity index (χ3n) is 3.18. The first kappa shape index (κ1) is 13.7. The number of para-hydroxylation sites is 2. The molecule has 1 fully saturated rings. The van der Waals surface area contributed by atoms with Gasteiger partial charge in [0.2, 0.25) is 0 Å². The van der Waals surface area contributed by atoms with Gasteiger partial charge in [0.25, 0.3) is 0 Å². The number of carbonyl (C=O) groups is 1. The normalized spacial score (nSPS) is 17.4. The maximum atomic E-state index is 12.5. The summed E-state index contributed by atoms with van der Waals surface area (Å²) in [5.74, 6) is 0.568. The van der Waals surface area contributed by atoms with E-state index in [1.165, 1.54) is 0 Å². The van der Waals surface area contributed by atoms with Crippen LogP contribution in [0.4, 0.5) is 16.2 Å². The summed E-state index contributed by atoms with van der Waals surface area (Å²) in [4.78, 5) is 20.4. The lowest BCUT2D eigenvalue weighted by Crippen LogP contribution is -2.48. The van der Waals surface area contributed by atoms with Gasteiger partial charge < -0.3 is 0 Å². The summed E-state index contributed by atoms with van der Waals surface area (Å²) in [6.45, 7) is 0. The lowest BCUT2D eigenvalue weighted by Gasteiger charge is -2.33. The van der Waals surface area contributed by atoms with Crippen LogP contribution in [0.2, 0.25) is 0 Å². The second-order valence-electron chi connectivity index (χ2n) is 4.61. The minimum atomic E-state index is -0.0605. The lowest BCUT2D eigenvalue weighted by molar-refractivity contribution is 0.233. The van der Waals surface area contributed by atoms with Crippen molar-refractivity contribution in [3.8, 4) is 0 Å². The average molecular weight is 297 g/mol. The van der Waals surface area contributed by atoms with Gasteiger partial charge in [0, 0.05) is 12.7 Å². The molecule has 0 unspecified atom stereocenters. The van der Waals surface area contributed by atoms with Crippen molar-refractivity contribution in [3.63, 3.8) is 0 Å². The Morgan fingerprint density at radius 1 is 1.00 bits per heavy atom. The number of rotatable bonds is 2. The van der Waals surface area contributed by atoms with Crippen molar-refractivity contribution in [1.82, 2.24) is 4.90 Å². The monoisotopic (exact) mass is 297 g/mol. The van der Waals surface area contributed by atoms with Crippen LogP contribution in [0.15, 0.2) is 65.7 Å². The number of nitrogens with zero attached hydrogens (tertiary/aromatic N) is 3. The summed E-state index contributed by atoms with van der Waals surface area (Å²) in [5, 5.41) is 0.721. The molecule has 0 bridgehead atoms. The van der Waals surface area contributed by atoms with E-state index in [2.05, 4.69) is 4.99 Å². The fourth-order valence-electron chi connectivity index (χ4n) is 2.05. The number of amides is 2. The van der Waals surface area contributed by atoms with Crippen molar-refractivity contribution in [3.05, 3.63) is 60.7 Å². The van der Waals surface area contributed by atoms with E-state index in [-0.39, 0.29) is 6.03 Å². The fraction of sp³-hybridized carbons (Fsp3) is 0.125. The van der Waals surface area contributed by atoms with Crippen LogP contribution >= 0.6 is 11.8 Å². The van der Waals surface area contributed by atoms with Crippen LogP contribution in [0.5, 0.6) is 0 Å². The molecule has 106 valence electrons. The molecule has 3 rings (SSSR count). The summed E-state index contributed by atoms with van der Waals surface area (Å²) in [5.41, 5.74) is 1.76. The molecule has 0 atom stereocenters. The van der Waals surface area contributed by atoms with E-state index in [0.29, 0.717) is 5.88 Å². The molecule has 4 nitrogen and oxygen atoms in total. The topological polar surface area (TPSA) is 35.9 Å². The molecule has 1 aliphatic heterocycles. The molecule has 5 heteroatoms. The summed E-state index contributed by atoms with van der Waals surface area (Å²) in [7, 11) is 1.76. The van der Waals surface area contributed by atoms with Crippen LogP contribution < -0.4 is 4.90 Å². The Bertz CT molecular complexity index is 658. The van der Waals surface area contributed by atoms with Gasteiger partial charge in [-0.1, -0.05) is 48.2 Å². The zero-order valence-corrected chi connectivity index (χ0v) is 12.5. The highest BCUT2D eigenvalue weighted by atomic mass is 32.2. The standard InChI is InChI=1S/C16H15N3OS/c1-18-15(17-13-8-4-2-5-9-13)21-12-19(16(18)20)14-10-6-3-7-11-14/h2-11H,12H2,1H3. The summed E-state index contributed by atoms with van der Waals surface area (Å²) < 4.78 is 0. The van der Waals surface area contributed by atoms with Crippen molar-refractivity contribution in [2.45, 2.75) is 0 Å². The smallest absolute Gasteiger partial charge is 0.284 e. The van der Waals surface area contributed by atoms with Gasteiger partial charge in [-0.15, -0.1) is 0 Å². The van der Waals surface area contributed by atoms with Crippen molar-refractivity contribution >= 4 is 34.3 Å². The second-order valence-corrected chi connectivity index (χ2v) is 5.52. The van der Waals surface area contributed by atoms with Crippen LogP contribution in [-0.4, -0.2) is 29.0 Å². The van der Waals surface area contributed by atoms with Crippen LogP contribution in [-0.2, 0) is 0 Å². The molecule has 1 heterocycles. The highest BCUT2D eigenvalue weighted by Crippen LogP contribution is 2.26. The van der Waals surface area contributed by atoms with E-state index < -0.39 is 0 Å². The van der Waals surface area contributed by atoms with Gasteiger partial charge >= 0.3 is 6.03 Å². The van der Waals surface area contributed by atoms with Crippen molar-refractivity contribution in [2.75, 3.05) is 17.8 Å². The summed E-state index contributed by atoms with van der Waals surface area (Å²) >= 11 is 1.55. The Balaban J connectivity index is 1.82. The Labute approximate surface area is 128 Å². The number of benzene rings is 2. The molecular weight excluding hydrogens is 282 g/mol. The van der Waals surface area contributed by atoms with Gasteiger partial charge in [0.15, 0.2) is 5.17 Å². The summed E-state index contributed by atoms with van der Waals surface area (Å²) in [6.07, 6.45) is 0. The van der Waals surface area contributed by atoms with Crippen LogP contribution in [0, 0.1) is 0 Å². The van der Waals surface area contributed by atoms with Crippen molar-refractivity contribution < 1.29 is 4.79 Å². The van der Waals surface area contributed by atoms with Gasteiger partial charge in [-0.25, -0.2) is 9.79 Å². The van der Waals surface area contributed by atoms with Gasteiger partial charge in [-0.3, -0.25) is 9.80 Å². The molecule has 1 saturated heterocycles. The zero-order chi connectivity index (χ0) is 14.7. The van der Waals surface area contributed by atoms with Crippen LogP contribution in [0.1, 0.15) is 0 Å². The van der Waals surface area contributed by atoms with E-state index >= 15 is 0 Å². The minimum Gasteiger partial charge on any atom is -0.284 e. The Kier molecular flexibility index (Phi) is 3.92. The van der Waals surface area contributed by atoms with Crippen molar-refractivity contribution in [2.24, 2.45) is 4.99 Å². The SMILES string of the molecule is CN1C(=O)N(c2ccccc2)CSC1=Nc1ccccc1. The number of anilines is 1. The maximum Gasteiger partial charge on any atom is 0.331 e. The Morgan fingerprint density at radius 3 is 2.29 bits per heavy atom. The third-order valence-corrected chi connectivity index (χ3v) is 4.19. The number of carbonyl (C=O) groups excluding carboxylic acids is 1. The first-order chi connectivity index (χ1) is 10.3. The van der Waals surface area contributed by atoms with E-state index in [0.717, 1.165) is 16.5 Å². The molecule has 0 aromatic heterocycles. The minimum absolute atomic E-state index is 0.0605. The maximum absolute atomic E-state index is 12.5. The summed E-state index contributed by atoms with van der Waals surface area (Å²) in [6, 6.07) is 19.3. The van der Waals surface area contributed by atoms with Gasteiger partial charge in [0.1, 0.15) is 0 Å². The lowest BCUT2D eigenvalue weighted by atomic mass is 10.3. The first-order valence-corrected chi connectivity index (χ1v) is 7.61. The van der Waals surface area contributed by atoms with Crippen LogP contribution in [0.3, 0.4) is 0 Å². The molecule has 0 saturated carbocycles. The van der Waals surface area contributed by atoms with Crippen LogP contribution in [0.25, 0.3) is 0 Å². The molecule has 0 aliphatic carbocycles. The number of hydrogen-bond donors (Lipinski definition) is 0. The van der Waals surface area contributed by atoms with E-state index in [4.69, 9.17) is 0 Å². The Hall–Kier alpha value is -2.27. The molecule has 21 heavy (non-hydrogen) atoms. The van der Waals surface area contributed by atoms with Crippen molar-refractivity contribution in [1.29, 1.82) is 0 Å². The number of aliphatic imine (C=N–C) groups is 1. The van der Waals surface area contributed by atoms with E-state index in [1.54, 1.807) is 28.6 Å². The third kappa shape index (κ3) is 2.92. The first-order valence-electron chi connectivity index (χ1n) is 6.62.